The third-order valence-electron chi connectivity index (χ3n) is 3.99. The summed E-state index contributed by atoms with van der Waals surface area (Å²) in [6.07, 6.45) is 3.09. The van der Waals surface area contributed by atoms with E-state index in [4.69, 9.17) is 0 Å². The molecule has 0 saturated heterocycles. The summed E-state index contributed by atoms with van der Waals surface area (Å²) in [4.78, 5) is 37.4. The highest BCUT2D eigenvalue weighted by Gasteiger charge is 2.43. The number of benzene rings is 1. The molecular formula is C17H14O3. The zero-order chi connectivity index (χ0) is 14.7. The van der Waals surface area contributed by atoms with Gasteiger partial charge in [-0.25, -0.2) is 0 Å². The van der Waals surface area contributed by atoms with Gasteiger partial charge in [-0.15, -0.1) is 0 Å². The first kappa shape index (κ1) is 12.7. The molecule has 0 saturated carbocycles. The van der Waals surface area contributed by atoms with Crippen molar-refractivity contribution in [2.75, 3.05) is 0 Å². The minimum Gasteiger partial charge on any atom is -0.289 e. The number of carbonyl (C=O) groups is 3. The molecule has 3 rings (SSSR count). The van der Waals surface area contributed by atoms with E-state index in [0.29, 0.717) is 16.7 Å². The number of hydrogen-bond acceptors (Lipinski definition) is 3. The molecule has 0 amide bonds. The van der Waals surface area contributed by atoms with Crippen molar-refractivity contribution in [3.63, 3.8) is 0 Å². The lowest BCUT2D eigenvalue weighted by Gasteiger charge is -2.32. The van der Waals surface area contributed by atoms with Crippen molar-refractivity contribution in [1.29, 1.82) is 0 Å². The number of Topliss-reactive ketones (excluding diaryl/α,β-unsaturated/α-hetero) is 2. The summed E-state index contributed by atoms with van der Waals surface area (Å²) in [5.41, 5.74) is 1.28. The number of carbonyl (C=O) groups excluding carboxylic acids is 3. The second kappa shape index (κ2) is 3.85. The van der Waals surface area contributed by atoms with Gasteiger partial charge in [0.15, 0.2) is 17.3 Å². The molecule has 3 nitrogen and oxygen atoms in total. The van der Waals surface area contributed by atoms with Gasteiger partial charge < -0.3 is 0 Å². The Morgan fingerprint density at radius 2 is 1.70 bits per heavy atom. The summed E-state index contributed by atoms with van der Waals surface area (Å²) in [6.45, 7) is 5.47. The van der Waals surface area contributed by atoms with Crippen LogP contribution in [0, 0.1) is 12.3 Å². The molecule has 0 heterocycles. The Hall–Kier alpha value is -2.29. The lowest BCUT2D eigenvalue weighted by atomic mass is 9.68. The minimum atomic E-state index is -0.600. The molecule has 1 aromatic carbocycles. The zero-order valence-corrected chi connectivity index (χ0v) is 11.6. The first-order valence-corrected chi connectivity index (χ1v) is 6.52. The average Bonchev–Trinajstić information content (AvgIpc) is 2.38. The van der Waals surface area contributed by atoms with Crippen LogP contribution in [0.5, 0.6) is 0 Å². The number of allylic oxidation sites excluding steroid dienone is 4. The van der Waals surface area contributed by atoms with E-state index in [1.807, 2.05) is 13.8 Å². The molecule has 0 atom stereocenters. The summed E-state index contributed by atoms with van der Waals surface area (Å²) < 4.78 is 0. The topological polar surface area (TPSA) is 51.2 Å². The maximum atomic E-state index is 12.7. The normalized spacial score (nSPS) is 20.1. The van der Waals surface area contributed by atoms with Crippen molar-refractivity contribution in [3.05, 3.63) is 58.2 Å². The van der Waals surface area contributed by atoms with Gasteiger partial charge in [0.1, 0.15) is 0 Å². The number of rotatable bonds is 0. The quantitative estimate of drug-likeness (QED) is 0.678. The fourth-order valence-corrected chi connectivity index (χ4v) is 2.95. The van der Waals surface area contributed by atoms with E-state index in [1.54, 1.807) is 31.2 Å². The van der Waals surface area contributed by atoms with Crippen LogP contribution in [-0.2, 0) is 4.79 Å². The summed E-state index contributed by atoms with van der Waals surface area (Å²) in [6, 6.07) is 5.20. The number of aryl methyl sites for hydroxylation is 1. The van der Waals surface area contributed by atoms with E-state index < -0.39 is 5.41 Å². The molecule has 0 radical (unpaired) electrons. The second-order valence-corrected chi connectivity index (χ2v) is 5.82. The summed E-state index contributed by atoms with van der Waals surface area (Å²) in [7, 11) is 0. The van der Waals surface area contributed by atoms with Crippen LogP contribution in [0.2, 0.25) is 0 Å². The van der Waals surface area contributed by atoms with Crippen LogP contribution in [0.25, 0.3) is 0 Å². The summed E-state index contributed by atoms with van der Waals surface area (Å²) in [5, 5.41) is 0. The highest BCUT2D eigenvalue weighted by Crippen LogP contribution is 2.41. The fourth-order valence-electron chi connectivity index (χ4n) is 2.95. The Morgan fingerprint density at radius 3 is 2.40 bits per heavy atom. The Morgan fingerprint density at radius 1 is 1.00 bits per heavy atom. The smallest absolute Gasteiger partial charge is 0.198 e. The first-order valence-electron chi connectivity index (χ1n) is 6.52. The summed E-state index contributed by atoms with van der Waals surface area (Å²) in [5.74, 6) is -0.900. The highest BCUT2D eigenvalue weighted by atomic mass is 16.2. The number of hydrogen-bond donors (Lipinski definition) is 0. The van der Waals surface area contributed by atoms with Crippen LogP contribution in [0.3, 0.4) is 0 Å². The average molecular weight is 266 g/mol. The third-order valence-corrected chi connectivity index (χ3v) is 3.99. The monoisotopic (exact) mass is 266 g/mol. The largest absolute Gasteiger partial charge is 0.289 e. The van der Waals surface area contributed by atoms with E-state index in [-0.39, 0.29) is 22.9 Å². The molecule has 0 spiro atoms. The van der Waals surface area contributed by atoms with Crippen LogP contribution >= 0.6 is 0 Å². The fraction of sp³-hybridized carbons (Fsp3) is 0.235. The first-order chi connectivity index (χ1) is 9.34. The Bertz CT molecular complexity index is 745. The van der Waals surface area contributed by atoms with Crippen LogP contribution in [0.15, 0.2) is 41.5 Å². The van der Waals surface area contributed by atoms with E-state index in [0.717, 1.165) is 5.56 Å². The Balaban J connectivity index is 2.36. The van der Waals surface area contributed by atoms with Gasteiger partial charge >= 0.3 is 0 Å². The predicted molar refractivity (Wildman–Crippen MR) is 74.8 cm³/mol. The van der Waals surface area contributed by atoms with E-state index in [2.05, 4.69) is 0 Å². The number of ketones is 3. The third kappa shape index (κ3) is 1.49. The van der Waals surface area contributed by atoms with Gasteiger partial charge in [0, 0.05) is 22.1 Å². The number of fused-ring (bicyclic) bond motifs is 1. The molecule has 1 aromatic rings. The molecule has 3 heteroatoms. The van der Waals surface area contributed by atoms with E-state index >= 15 is 0 Å². The lowest BCUT2D eigenvalue weighted by Crippen LogP contribution is -2.35. The molecule has 2 aliphatic carbocycles. The maximum Gasteiger partial charge on any atom is 0.198 e. The van der Waals surface area contributed by atoms with Crippen LogP contribution in [0.1, 0.15) is 40.1 Å². The standard InChI is InChI=1S/C17H14O3/c1-9-5-4-6-10-12(9)16(20)13-11(18)7-8-17(2,3)14(13)15(10)19/h4-8H,1-3H3. The molecule has 0 N–H and O–H groups in total. The van der Waals surface area contributed by atoms with Crippen LogP contribution in [0.4, 0.5) is 0 Å². The van der Waals surface area contributed by atoms with E-state index in [9.17, 15) is 14.4 Å². The molecule has 0 bridgehead atoms. The zero-order valence-electron chi connectivity index (χ0n) is 11.6. The SMILES string of the molecule is Cc1cccc2c1C(=O)C1=C(C2=O)C(C)(C)C=CC1=O. The molecule has 0 aromatic heterocycles. The van der Waals surface area contributed by atoms with Crippen molar-refractivity contribution < 1.29 is 14.4 Å². The van der Waals surface area contributed by atoms with Gasteiger partial charge in [-0.2, -0.15) is 0 Å². The van der Waals surface area contributed by atoms with Crippen LogP contribution < -0.4 is 0 Å². The molecule has 100 valence electrons. The minimum absolute atomic E-state index is 0.0456. The predicted octanol–water partition coefficient (Wildman–Crippen LogP) is 2.84. The second-order valence-electron chi connectivity index (χ2n) is 5.82. The maximum absolute atomic E-state index is 12.7. The molecule has 0 aliphatic heterocycles. The highest BCUT2D eigenvalue weighted by molar-refractivity contribution is 6.39. The molecule has 2 aliphatic rings. The summed E-state index contributed by atoms with van der Waals surface area (Å²) >= 11 is 0. The van der Waals surface area contributed by atoms with Crippen molar-refractivity contribution in [2.24, 2.45) is 5.41 Å². The van der Waals surface area contributed by atoms with Gasteiger partial charge in [-0.05, 0) is 18.6 Å². The van der Waals surface area contributed by atoms with Crippen molar-refractivity contribution >= 4 is 17.3 Å². The Kier molecular flexibility index (Phi) is 2.45. The molecule has 0 unspecified atom stereocenters. The van der Waals surface area contributed by atoms with Gasteiger partial charge in [-0.3, -0.25) is 14.4 Å². The van der Waals surface area contributed by atoms with Crippen molar-refractivity contribution in [2.45, 2.75) is 20.8 Å². The van der Waals surface area contributed by atoms with Gasteiger partial charge in [-0.1, -0.05) is 38.1 Å². The van der Waals surface area contributed by atoms with Crippen molar-refractivity contribution in [1.82, 2.24) is 0 Å². The van der Waals surface area contributed by atoms with Gasteiger partial charge in [0.05, 0.1) is 5.57 Å². The Labute approximate surface area is 117 Å². The molecule has 20 heavy (non-hydrogen) atoms. The molecule has 0 fully saturated rings. The van der Waals surface area contributed by atoms with Gasteiger partial charge in [0.2, 0.25) is 0 Å². The molecular weight excluding hydrogens is 252 g/mol. The van der Waals surface area contributed by atoms with Crippen LogP contribution in [-0.4, -0.2) is 17.3 Å². The van der Waals surface area contributed by atoms with Crippen molar-refractivity contribution in [3.8, 4) is 0 Å². The van der Waals surface area contributed by atoms with Gasteiger partial charge in [0.25, 0.3) is 0 Å². The lowest BCUT2D eigenvalue weighted by molar-refractivity contribution is -0.111. The van der Waals surface area contributed by atoms with E-state index in [1.165, 1.54) is 6.08 Å².